The van der Waals surface area contributed by atoms with E-state index in [2.05, 4.69) is 25.5 Å². The predicted octanol–water partition coefficient (Wildman–Crippen LogP) is 1.89. The Kier molecular flexibility index (Phi) is 3.51. The maximum absolute atomic E-state index is 12.3. The Hall–Kier alpha value is -2.16. The topological polar surface area (TPSA) is 64.9 Å². The molecule has 0 unspecified atom stereocenters. The fourth-order valence-corrected chi connectivity index (χ4v) is 2.33. The standard InChI is InChI=1S/C13H14F3N5O/c1-21-19-11(18-20-21)8-17-12(5-6-12)9-3-2-4-10(7-9)22-13(14,15)16/h2-4,7,17H,5-6,8H2,1H3. The zero-order chi connectivity index (χ0) is 15.8. The first-order valence-electron chi connectivity index (χ1n) is 6.71. The number of ether oxygens (including phenoxy) is 1. The zero-order valence-corrected chi connectivity index (χ0v) is 11.8. The average molecular weight is 313 g/mol. The van der Waals surface area contributed by atoms with Gasteiger partial charge in [-0.05, 0) is 35.8 Å². The third kappa shape index (κ3) is 3.35. The van der Waals surface area contributed by atoms with Crippen LogP contribution in [0, 0.1) is 0 Å². The van der Waals surface area contributed by atoms with Gasteiger partial charge in [0.05, 0.1) is 13.6 Å². The average Bonchev–Trinajstić information content (AvgIpc) is 3.12. The van der Waals surface area contributed by atoms with E-state index >= 15 is 0 Å². The maximum atomic E-state index is 12.3. The molecule has 1 saturated carbocycles. The monoisotopic (exact) mass is 313 g/mol. The van der Waals surface area contributed by atoms with Gasteiger partial charge in [0, 0.05) is 5.54 Å². The Balaban J connectivity index is 1.71. The summed E-state index contributed by atoms with van der Waals surface area (Å²) in [5, 5.41) is 15.0. The molecule has 6 nitrogen and oxygen atoms in total. The van der Waals surface area contributed by atoms with Crippen molar-refractivity contribution in [3.8, 4) is 5.75 Å². The summed E-state index contributed by atoms with van der Waals surface area (Å²) in [6.07, 6.45) is -3.02. The molecular weight excluding hydrogens is 299 g/mol. The number of aryl methyl sites for hydroxylation is 1. The minimum Gasteiger partial charge on any atom is -0.406 e. The zero-order valence-electron chi connectivity index (χ0n) is 11.8. The van der Waals surface area contributed by atoms with E-state index < -0.39 is 6.36 Å². The van der Waals surface area contributed by atoms with Gasteiger partial charge in [0.2, 0.25) is 0 Å². The Bertz CT molecular complexity index is 666. The molecule has 0 radical (unpaired) electrons. The van der Waals surface area contributed by atoms with Crippen molar-refractivity contribution < 1.29 is 17.9 Å². The molecule has 1 aliphatic carbocycles. The van der Waals surface area contributed by atoms with E-state index in [9.17, 15) is 13.2 Å². The number of hydrogen-bond donors (Lipinski definition) is 1. The molecule has 0 amide bonds. The number of alkyl halides is 3. The number of tetrazole rings is 1. The highest BCUT2D eigenvalue weighted by Crippen LogP contribution is 2.46. The molecule has 1 N–H and O–H groups in total. The lowest BCUT2D eigenvalue weighted by Gasteiger charge is -2.18. The van der Waals surface area contributed by atoms with Gasteiger partial charge in [0.1, 0.15) is 5.75 Å². The van der Waals surface area contributed by atoms with Crippen molar-refractivity contribution >= 4 is 0 Å². The molecule has 1 fully saturated rings. The largest absolute Gasteiger partial charge is 0.573 e. The van der Waals surface area contributed by atoms with Gasteiger partial charge in [0.25, 0.3) is 0 Å². The van der Waals surface area contributed by atoms with Crippen molar-refractivity contribution in [2.75, 3.05) is 0 Å². The molecule has 1 aromatic carbocycles. The second kappa shape index (κ2) is 5.24. The number of nitrogens with zero attached hydrogens (tertiary/aromatic N) is 4. The predicted molar refractivity (Wildman–Crippen MR) is 69.7 cm³/mol. The quantitative estimate of drug-likeness (QED) is 0.913. The first kappa shape index (κ1) is 14.8. The molecule has 2 aromatic rings. The van der Waals surface area contributed by atoms with E-state index in [1.165, 1.54) is 16.9 Å². The molecular formula is C13H14F3N5O. The third-order valence-electron chi connectivity index (χ3n) is 3.50. The second-order valence-corrected chi connectivity index (χ2v) is 5.21. The van der Waals surface area contributed by atoms with Crippen LogP contribution in [0.4, 0.5) is 13.2 Å². The number of nitrogens with one attached hydrogen (secondary N) is 1. The van der Waals surface area contributed by atoms with Crippen LogP contribution in [0.1, 0.15) is 24.2 Å². The highest BCUT2D eigenvalue weighted by Gasteiger charge is 2.44. The van der Waals surface area contributed by atoms with Gasteiger partial charge in [-0.25, -0.2) is 0 Å². The Morgan fingerprint density at radius 1 is 1.36 bits per heavy atom. The van der Waals surface area contributed by atoms with Gasteiger partial charge < -0.3 is 10.1 Å². The van der Waals surface area contributed by atoms with Crippen LogP contribution < -0.4 is 10.1 Å². The van der Waals surface area contributed by atoms with Crippen LogP contribution >= 0.6 is 0 Å². The van der Waals surface area contributed by atoms with E-state index in [1.54, 1.807) is 19.2 Å². The highest BCUT2D eigenvalue weighted by molar-refractivity contribution is 5.37. The summed E-state index contributed by atoms with van der Waals surface area (Å²) in [4.78, 5) is 1.36. The molecule has 0 aliphatic heterocycles. The second-order valence-electron chi connectivity index (χ2n) is 5.21. The number of benzene rings is 1. The van der Waals surface area contributed by atoms with E-state index in [1.807, 2.05) is 0 Å². The van der Waals surface area contributed by atoms with Crippen LogP contribution in [-0.4, -0.2) is 26.6 Å². The van der Waals surface area contributed by atoms with Crippen molar-refractivity contribution in [1.29, 1.82) is 0 Å². The Morgan fingerprint density at radius 2 is 2.14 bits per heavy atom. The molecule has 1 aliphatic rings. The first-order valence-corrected chi connectivity index (χ1v) is 6.71. The van der Waals surface area contributed by atoms with Crippen molar-refractivity contribution in [2.45, 2.75) is 31.3 Å². The molecule has 3 rings (SSSR count). The molecule has 22 heavy (non-hydrogen) atoms. The minimum atomic E-state index is -4.69. The fourth-order valence-electron chi connectivity index (χ4n) is 2.33. The van der Waals surface area contributed by atoms with Crippen LogP contribution in [0.2, 0.25) is 0 Å². The minimum absolute atomic E-state index is 0.212. The van der Waals surface area contributed by atoms with Gasteiger partial charge in [0.15, 0.2) is 5.82 Å². The van der Waals surface area contributed by atoms with Crippen molar-refractivity contribution in [3.63, 3.8) is 0 Å². The summed E-state index contributed by atoms with van der Waals surface area (Å²) < 4.78 is 40.8. The number of aromatic nitrogens is 4. The van der Waals surface area contributed by atoms with Crippen LogP contribution in [0.5, 0.6) is 5.75 Å². The Morgan fingerprint density at radius 3 is 2.73 bits per heavy atom. The first-order chi connectivity index (χ1) is 10.4. The lowest BCUT2D eigenvalue weighted by atomic mass is 10.0. The lowest BCUT2D eigenvalue weighted by Crippen LogP contribution is -2.29. The van der Waals surface area contributed by atoms with E-state index in [4.69, 9.17) is 0 Å². The van der Waals surface area contributed by atoms with Gasteiger partial charge >= 0.3 is 6.36 Å². The summed E-state index contributed by atoms with van der Waals surface area (Å²) in [5.74, 6) is 0.326. The normalized spacial score (nSPS) is 16.5. The van der Waals surface area contributed by atoms with Crippen LogP contribution in [0.3, 0.4) is 0 Å². The van der Waals surface area contributed by atoms with Crippen molar-refractivity contribution in [3.05, 3.63) is 35.7 Å². The van der Waals surface area contributed by atoms with E-state index in [0.29, 0.717) is 12.4 Å². The number of hydrogen-bond acceptors (Lipinski definition) is 5. The van der Waals surface area contributed by atoms with E-state index in [0.717, 1.165) is 18.4 Å². The van der Waals surface area contributed by atoms with Gasteiger partial charge in [-0.1, -0.05) is 12.1 Å². The van der Waals surface area contributed by atoms with Crippen LogP contribution in [0.15, 0.2) is 24.3 Å². The molecule has 0 bridgehead atoms. The third-order valence-corrected chi connectivity index (χ3v) is 3.50. The molecule has 118 valence electrons. The van der Waals surface area contributed by atoms with Crippen molar-refractivity contribution in [1.82, 2.24) is 25.5 Å². The molecule has 0 atom stereocenters. The number of halogens is 3. The summed E-state index contributed by atoms with van der Waals surface area (Å²) in [5.41, 5.74) is 0.419. The van der Waals surface area contributed by atoms with Gasteiger partial charge in [-0.3, -0.25) is 0 Å². The van der Waals surface area contributed by atoms with Gasteiger partial charge in [-0.15, -0.1) is 23.4 Å². The summed E-state index contributed by atoms with van der Waals surface area (Å²) in [7, 11) is 1.67. The molecule has 0 saturated heterocycles. The Labute approximate surface area is 124 Å². The van der Waals surface area contributed by atoms with E-state index in [-0.39, 0.29) is 11.3 Å². The number of rotatable bonds is 5. The van der Waals surface area contributed by atoms with Crippen molar-refractivity contribution in [2.24, 2.45) is 7.05 Å². The summed E-state index contributed by atoms with van der Waals surface area (Å²) in [6, 6.07) is 6.04. The van der Waals surface area contributed by atoms with Gasteiger partial charge in [-0.2, -0.15) is 4.80 Å². The maximum Gasteiger partial charge on any atom is 0.573 e. The highest BCUT2D eigenvalue weighted by atomic mass is 19.4. The molecule has 9 heteroatoms. The smallest absolute Gasteiger partial charge is 0.406 e. The molecule has 0 spiro atoms. The van der Waals surface area contributed by atoms with Crippen LogP contribution in [0.25, 0.3) is 0 Å². The summed E-state index contributed by atoms with van der Waals surface area (Å²) in [6.45, 7) is 0.401. The molecule has 1 aromatic heterocycles. The van der Waals surface area contributed by atoms with Crippen LogP contribution in [-0.2, 0) is 19.1 Å². The fraction of sp³-hybridized carbons (Fsp3) is 0.462. The summed E-state index contributed by atoms with van der Waals surface area (Å²) >= 11 is 0. The SMILES string of the molecule is Cn1nnc(CNC2(c3cccc(OC(F)(F)F)c3)CC2)n1. The lowest BCUT2D eigenvalue weighted by molar-refractivity contribution is -0.274. The molecule has 1 heterocycles.